The molecule has 0 aromatic rings. The van der Waals surface area contributed by atoms with Gasteiger partial charge in [-0.1, -0.05) is 20.8 Å². The summed E-state index contributed by atoms with van der Waals surface area (Å²) in [6.45, 7) is 4.83. The van der Waals surface area contributed by atoms with Gasteiger partial charge in [0.15, 0.2) is 12.4 Å². The molecule has 0 saturated heterocycles. The average molecular weight is 175 g/mol. The van der Waals surface area contributed by atoms with E-state index in [4.69, 9.17) is 5.21 Å². The van der Waals surface area contributed by atoms with Crippen molar-refractivity contribution in [1.29, 1.82) is 0 Å². The molecule has 0 radical (unpaired) electrons. The normalized spacial score (nSPS) is 10.7. The first-order valence-electron chi connectivity index (χ1n) is 3.48. The molecule has 5 nitrogen and oxygen atoms in total. The van der Waals surface area contributed by atoms with Crippen molar-refractivity contribution in [2.24, 2.45) is 5.41 Å². The minimum Gasteiger partial charge on any atom is -0.440 e. The number of ether oxygens (including phenoxy) is 1. The van der Waals surface area contributed by atoms with Crippen LogP contribution in [0.4, 0.5) is 4.79 Å². The Morgan fingerprint density at radius 3 is 2.25 bits per heavy atom. The van der Waals surface area contributed by atoms with Gasteiger partial charge in [-0.25, -0.2) is 10.3 Å². The minimum absolute atomic E-state index is 0.203. The van der Waals surface area contributed by atoms with E-state index in [9.17, 15) is 9.59 Å². The number of ketones is 1. The van der Waals surface area contributed by atoms with E-state index in [0.29, 0.717) is 0 Å². The number of amides is 1. The highest BCUT2D eigenvalue weighted by Gasteiger charge is 2.22. The number of hydrogen-bond acceptors (Lipinski definition) is 4. The van der Waals surface area contributed by atoms with E-state index in [0.717, 1.165) is 0 Å². The maximum Gasteiger partial charge on any atom is 0.431 e. The fraction of sp³-hybridized carbons (Fsp3) is 0.714. The fourth-order valence-electron chi connectivity index (χ4n) is 0.380. The van der Waals surface area contributed by atoms with Gasteiger partial charge in [-0.2, -0.15) is 0 Å². The lowest BCUT2D eigenvalue weighted by atomic mass is 9.91. The summed E-state index contributed by atoms with van der Waals surface area (Å²) in [5.74, 6) is -0.203. The fourth-order valence-corrected chi connectivity index (χ4v) is 0.380. The van der Waals surface area contributed by atoms with Crippen LogP contribution in [0.15, 0.2) is 0 Å². The van der Waals surface area contributed by atoms with Gasteiger partial charge in [-0.3, -0.25) is 10.0 Å². The zero-order valence-electron chi connectivity index (χ0n) is 7.38. The lowest BCUT2D eigenvalue weighted by molar-refractivity contribution is -0.129. The first-order valence-corrected chi connectivity index (χ1v) is 3.48. The molecule has 0 aliphatic heterocycles. The van der Waals surface area contributed by atoms with E-state index in [2.05, 4.69) is 4.74 Å². The predicted molar refractivity (Wildman–Crippen MR) is 40.7 cm³/mol. The molecule has 0 saturated carbocycles. The molecule has 0 fully saturated rings. The third-order valence-electron chi connectivity index (χ3n) is 1.26. The highest BCUT2D eigenvalue weighted by atomic mass is 16.6. The highest BCUT2D eigenvalue weighted by molar-refractivity contribution is 5.86. The van der Waals surface area contributed by atoms with Gasteiger partial charge in [0.2, 0.25) is 0 Å². The lowest BCUT2D eigenvalue weighted by Gasteiger charge is -2.15. The molecular weight excluding hydrogens is 162 g/mol. The summed E-state index contributed by atoms with van der Waals surface area (Å²) >= 11 is 0. The average Bonchev–Trinajstić information content (AvgIpc) is 1.97. The second kappa shape index (κ2) is 4.06. The Morgan fingerprint density at radius 1 is 1.42 bits per heavy atom. The highest BCUT2D eigenvalue weighted by Crippen LogP contribution is 2.14. The molecule has 0 aromatic carbocycles. The van der Waals surface area contributed by atoms with Crippen molar-refractivity contribution < 1.29 is 19.5 Å². The molecule has 0 atom stereocenters. The summed E-state index contributed by atoms with van der Waals surface area (Å²) in [6.07, 6.45) is -1.02. The van der Waals surface area contributed by atoms with Crippen LogP contribution in [-0.4, -0.2) is 23.7 Å². The van der Waals surface area contributed by atoms with Crippen molar-refractivity contribution in [3.8, 4) is 0 Å². The Hall–Kier alpha value is -1.10. The first kappa shape index (κ1) is 10.9. The van der Waals surface area contributed by atoms with Gasteiger partial charge in [0, 0.05) is 5.41 Å². The Balaban J connectivity index is 3.81. The van der Waals surface area contributed by atoms with Crippen molar-refractivity contribution in [3.63, 3.8) is 0 Å². The van der Waals surface area contributed by atoms with E-state index >= 15 is 0 Å². The van der Waals surface area contributed by atoms with Crippen LogP contribution < -0.4 is 5.48 Å². The summed E-state index contributed by atoms with van der Waals surface area (Å²) in [7, 11) is 0. The summed E-state index contributed by atoms with van der Waals surface area (Å²) in [4.78, 5) is 21.4. The number of nitrogens with one attached hydrogen (secondary N) is 1. The second-order valence-electron chi connectivity index (χ2n) is 3.36. The largest absolute Gasteiger partial charge is 0.440 e. The third-order valence-corrected chi connectivity index (χ3v) is 1.26. The molecule has 0 bridgehead atoms. The van der Waals surface area contributed by atoms with Crippen LogP contribution in [0.3, 0.4) is 0 Å². The molecular formula is C7H13NO4. The lowest BCUT2D eigenvalue weighted by Crippen LogP contribution is -2.29. The number of Topliss-reactive ketones (excluding diaryl/α,β-unsaturated/α-hetero) is 1. The van der Waals surface area contributed by atoms with Crippen molar-refractivity contribution in [2.45, 2.75) is 20.8 Å². The summed E-state index contributed by atoms with van der Waals surface area (Å²) in [5.41, 5.74) is 0.726. The SMILES string of the molecule is CC(C)(C)C(=O)COC(=O)NO. The smallest absolute Gasteiger partial charge is 0.431 e. The molecule has 0 rings (SSSR count). The van der Waals surface area contributed by atoms with Crippen LogP contribution >= 0.6 is 0 Å². The maximum atomic E-state index is 11.1. The van der Waals surface area contributed by atoms with Gasteiger partial charge in [0.05, 0.1) is 0 Å². The van der Waals surface area contributed by atoms with E-state index in [-0.39, 0.29) is 12.4 Å². The van der Waals surface area contributed by atoms with Crippen LogP contribution in [0.2, 0.25) is 0 Å². The molecule has 0 aliphatic carbocycles. The first-order chi connectivity index (χ1) is 5.38. The Morgan fingerprint density at radius 2 is 1.92 bits per heavy atom. The number of carbonyl (C=O) groups is 2. The summed E-state index contributed by atoms with van der Waals surface area (Å²) < 4.78 is 4.33. The van der Waals surface area contributed by atoms with Crippen LogP contribution in [0.25, 0.3) is 0 Å². The number of hydrogen-bond donors (Lipinski definition) is 2. The van der Waals surface area contributed by atoms with Gasteiger partial charge in [-0.15, -0.1) is 0 Å². The zero-order valence-corrected chi connectivity index (χ0v) is 7.38. The molecule has 0 unspecified atom stereocenters. The zero-order chi connectivity index (χ0) is 9.78. The minimum atomic E-state index is -1.02. The molecule has 5 heteroatoms. The topological polar surface area (TPSA) is 75.6 Å². The molecule has 0 heterocycles. The molecule has 12 heavy (non-hydrogen) atoms. The van der Waals surface area contributed by atoms with Gasteiger partial charge < -0.3 is 4.74 Å². The third kappa shape index (κ3) is 3.92. The van der Waals surface area contributed by atoms with E-state index in [1.54, 1.807) is 20.8 Å². The van der Waals surface area contributed by atoms with Crippen LogP contribution in [0.5, 0.6) is 0 Å². The quantitative estimate of drug-likeness (QED) is 0.479. The monoisotopic (exact) mass is 175 g/mol. The Bertz CT molecular complexity index is 182. The molecule has 70 valence electrons. The van der Waals surface area contributed by atoms with Crippen molar-refractivity contribution in [2.75, 3.05) is 6.61 Å². The second-order valence-corrected chi connectivity index (χ2v) is 3.36. The molecule has 2 N–H and O–H groups in total. The van der Waals surface area contributed by atoms with Gasteiger partial charge >= 0.3 is 6.09 Å². The predicted octanol–water partition coefficient (Wildman–Crippen LogP) is 0.717. The molecule has 0 spiro atoms. The van der Waals surface area contributed by atoms with Gasteiger partial charge in [0.1, 0.15) is 0 Å². The van der Waals surface area contributed by atoms with E-state index in [1.165, 1.54) is 5.48 Å². The van der Waals surface area contributed by atoms with Crippen molar-refractivity contribution in [1.82, 2.24) is 5.48 Å². The molecule has 0 aromatic heterocycles. The van der Waals surface area contributed by atoms with Gasteiger partial charge in [-0.05, 0) is 0 Å². The van der Waals surface area contributed by atoms with Crippen LogP contribution in [0.1, 0.15) is 20.8 Å². The van der Waals surface area contributed by atoms with Crippen molar-refractivity contribution in [3.05, 3.63) is 0 Å². The summed E-state index contributed by atoms with van der Waals surface area (Å²) in [6, 6.07) is 0. The number of carbonyl (C=O) groups excluding carboxylic acids is 2. The van der Waals surface area contributed by atoms with E-state index < -0.39 is 11.5 Å². The Labute approximate surface area is 70.7 Å². The number of rotatable bonds is 2. The molecule has 1 amide bonds. The van der Waals surface area contributed by atoms with Crippen LogP contribution in [0, 0.1) is 5.41 Å². The summed E-state index contributed by atoms with van der Waals surface area (Å²) in [5, 5.41) is 8.01. The maximum absolute atomic E-state index is 11.1. The van der Waals surface area contributed by atoms with Gasteiger partial charge in [0.25, 0.3) is 0 Å². The standard InChI is InChI=1S/C7H13NO4/c1-7(2,3)5(9)4-12-6(10)8-11/h11H,4H2,1-3H3,(H,8,10). The van der Waals surface area contributed by atoms with Crippen molar-refractivity contribution >= 4 is 11.9 Å². The van der Waals surface area contributed by atoms with Crippen LogP contribution in [-0.2, 0) is 9.53 Å². The Kier molecular flexibility index (Phi) is 3.69. The molecule has 0 aliphatic rings. The number of hydroxylamine groups is 1. The van der Waals surface area contributed by atoms with E-state index in [1.807, 2.05) is 0 Å².